The number of halogens is 1. The summed E-state index contributed by atoms with van der Waals surface area (Å²) in [5.74, 6) is 0.105. The zero-order valence-electron chi connectivity index (χ0n) is 10.7. The van der Waals surface area contributed by atoms with Crippen LogP contribution in [0.1, 0.15) is 5.56 Å². The summed E-state index contributed by atoms with van der Waals surface area (Å²) in [6, 6.07) is 12.0. The molecule has 0 radical (unpaired) electrons. The minimum atomic E-state index is -0.448. The fourth-order valence-corrected chi connectivity index (χ4v) is 2.34. The average Bonchev–Trinajstić information content (AvgIpc) is 2.43. The molecule has 0 aliphatic heterocycles. The molecule has 0 aliphatic carbocycles. The highest BCUT2D eigenvalue weighted by molar-refractivity contribution is 6.30. The SMILES string of the molecule is Cc1c(O)ccc2c(-c3ccc(Cl)cc3)cc(=O)oc12. The van der Waals surface area contributed by atoms with E-state index in [1.54, 1.807) is 31.2 Å². The van der Waals surface area contributed by atoms with E-state index in [-0.39, 0.29) is 5.75 Å². The van der Waals surface area contributed by atoms with Gasteiger partial charge in [-0.25, -0.2) is 4.79 Å². The van der Waals surface area contributed by atoms with Gasteiger partial charge >= 0.3 is 5.63 Å². The van der Waals surface area contributed by atoms with E-state index in [1.165, 1.54) is 6.07 Å². The zero-order chi connectivity index (χ0) is 14.3. The minimum absolute atomic E-state index is 0.105. The van der Waals surface area contributed by atoms with Crippen molar-refractivity contribution in [2.24, 2.45) is 0 Å². The first-order valence-electron chi connectivity index (χ1n) is 6.08. The molecule has 3 nitrogen and oxygen atoms in total. The molecule has 0 saturated heterocycles. The third kappa shape index (κ3) is 2.06. The molecular weight excluding hydrogens is 276 g/mol. The summed E-state index contributed by atoms with van der Waals surface area (Å²) >= 11 is 5.88. The number of phenols is 1. The van der Waals surface area contributed by atoms with Crippen LogP contribution in [-0.4, -0.2) is 5.11 Å². The van der Waals surface area contributed by atoms with E-state index in [4.69, 9.17) is 16.0 Å². The van der Waals surface area contributed by atoms with Crippen molar-refractivity contribution in [2.45, 2.75) is 6.92 Å². The van der Waals surface area contributed by atoms with Crippen molar-refractivity contribution >= 4 is 22.6 Å². The molecule has 20 heavy (non-hydrogen) atoms. The van der Waals surface area contributed by atoms with E-state index in [0.29, 0.717) is 16.2 Å². The van der Waals surface area contributed by atoms with E-state index < -0.39 is 5.63 Å². The lowest BCUT2D eigenvalue weighted by Gasteiger charge is -2.08. The van der Waals surface area contributed by atoms with Crippen molar-refractivity contribution in [2.75, 3.05) is 0 Å². The molecule has 2 aromatic carbocycles. The molecule has 100 valence electrons. The lowest BCUT2D eigenvalue weighted by Crippen LogP contribution is -1.99. The Morgan fingerprint density at radius 2 is 1.80 bits per heavy atom. The molecule has 0 spiro atoms. The number of phenolic OH excluding ortho intramolecular Hbond substituents is 1. The molecule has 0 bridgehead atoms. The Morgan fingerprint density at radius 3 is 2.50 bits per heavy atom. The third-order valence-electron chi connectivity index (χ3n) is 3.29. The number of rotatable bonds is 1. The molecule has 1 aromatic heterocycles. The highest BCUT2D eigenvalue weighted by atomic mass is 35.5. The van der Waals surface area contributed by atoms with Crippen molar-refractivity contribution in [3.8, 4) is 16.9 Å². The highest BCUT2D eigenvalue weighted by Gasteiger charge is 2.11. The van der Waals surface area contributed by atoms with Gasteiger partial charge in [0.25, 0.3) is 0 Å². The first-order valence-corrected chi connectivity index (χ1v) is 6.46. The van der Waals surface area contributed by atoms with Gasteiger partial charge in [-0.3, -0.25) is 0 Å². The maximum absolute atomic E-state index is 11.7. The molecule has 0 unspecified atom stereocenters. The molecule has 3 aromatic rings. The van der Waals surface area contributed by atoms with Gasteiger partial charge in [0.15, 0.2) is 0 Å². The molecule has 0 saturated carbocycles. The van der Waals surface area contributed by atoms with Crippen molar-refractivity contribution in [1.82, 2.24) is 0 Å². The summed E-state index contributed by atoms with van der Waals surface area (Å²) in [6.45, 7) is 1.71. The summed E-state index contributed by atoms with van der Waals surface area (Å²) in [4.78, 5) is 11.7. The molecule has 3 rings (SSSR count). The van der Waals surface area contributed by atoms with Crippen LogP contribution < -0.4 is 5.63 Å². The fraction of sp³-hybridized carbons (Fsp3) is 0.0625. The van der Waals surface area contributed by atoms with E-state index in [0.717, 1.165) is 16.5 Å². The first-order chi connectivity index (χ1) is 9.56. The van der Waals surface area contributed by atoms with Crippen LogP contribution in [0, 0.1) is 6.92 Å². The standard InChI is InChI=1S/C16H11ClO3/c1-9-14(18)7-6-12-13(8-15(19)20-16(9)12)10-2-4-11(17)5-3-10/h2-8,18H,1H3. The van der Waals surface area contributed by atoms with Crippen LogP contribution in [0.15, 0.2) is 51.7 Å². The topological polar surface area (TPSA) is 50.4 Å². The van der Waals surface area contributed by atoms with E-state index in [2.05, 4.69) is 0 Å². The molecule has 4 heteroatoms. The predicted molar refractivity (Wildman–Crippen MR) is 79.3 cm³/mol. The van der Waals surface area contributed by atoms with Crippen molar-refractivity contribution in [3.63, 3.8) is 0 Å². The van der Waals surface area contributed by atoms with Gasteiger partial charge in [0.1, 0.15) is 11.3 Å². The second-order valence-corrected chi connectivity index (χ2v) is 5.01. The van der Waals surface area contributed by atoms with Crippen LogP contribution in [0.4, 0.5) is 0 Å². The Kier molecular flexibility index (Phi) is 2.99. The van der Waals surface area contributed by atoms with Gasteiger partial charge in [-0.1, -0.05) is 23.7 Å². The van der Waals surface area contributed by atoms with Crippen molar-refractivity contribution in [1.29, 1.82) is 0 Å². The van der Waals surface area contributed by atoms with Crippen LogP contribution in [0.5, 0.6) is 5.75 Å². The summed E-state index contributed by atoms with van der Waals surface area (Å²) in [5, 5.41) is 11.1. The largest absolute Gasteiger partial charge is 0.508 e. The Labute approximate surface area is 120 Å². The monoisotopic (exact) mass is 286 g/mol. The van der Waals surface area contributed by atoms with Gasteiger partial charge < -0.3 is 9.52 Å². The molecule has 0 aliphatic rings. The first kappa shape index (κ1) is 12.8. The molecule has 1 heterocycles. The third-order valence-corrected chi connectivity index (χ3v) is 3.54. The Hall–Kier alpha value is -2.26. The van der Waals surface area contributed by atoms with Crippen LogP contribution in [0.3, 0.4) is 0 Å². The number of hydrogen-bond donors (Lipinski definition) is 1. The second-order valence-electron chi connectivity index (χ2n) is 4.57. The van der Waals surface area contributed by atoms with Gasteiger partial charge in [0.2, 0.25) is 0 Å². The van der Waals surface area contributed by atoms with Gasteiger partial charge in [0, 0.05) is 22.0 Å². The number of fused-ring (bicyclic) bond motifs is 1. The second kappa shape index (κ2) is 4.69. The summed E-state index contributed by atoms with van der Waals surface area (Å²) < 4.78 is 5.22. The van der Waals surface area contributed by atoms with E-state index >= 15 is 0 Å². The van der Waals surface area contributed by atoms with Crippen molar-refractivity contribution < 1.29 is 9.52 Å². The highest BCUT2D eigenvalue weighted by Crippen LogP contribution is 2.32. The smallest absolute Gasteiger partial charge is 0.336 e. The van der Waals surface area contributed by atoms with Crippen LogP contribution in [0.25, 0.3) is 22.1 Å². The Morgan fingerprint density at radius 1 is 1.10 bits per heavy atom. The Balaban J connectivity index is 2.38. The van der Waals surface area contributed by atoms with Crippen molar-refractivity contribution in [3.05, 3.63) is 63.5 Å². The summed E-state index contributed by atoms with van der Waals surface area (Å²) in [7, 11) is 0. The molecular formula is C16H11ClO3. The van der Waals surface area contributed by atoms with E-state index in [1.807, 2.05) is 12.1 Å². The molecule has 1 N–H and O–H groups in total. The summed E-state index contributed by atoms with van der Waals surface area (Å²) in [6.07, 6.45) is 0. The molecule has 0 fully saturated rings. The van der Waals surface area contributed by atoms with Crippen LogP contribution in [0.2, 0.25) is 5.02 Å². The predicted octanol–water partition coefficient (Wildman–Crippen LogP) is 4.13. The van der Waals surface area contributed by atoms with Gasteiger partial charge in [-0.15, -0.1) is 0 Å². The quantitative estimate of drug-likeness (QED) is 0.684. The lowest BCUT2D eigenvalue weighted by molar-refractivity contribution is 0.468. The number of aromatic hydroxyl groups is 1. The van der Waals surface area contributed by atoms with Gasteiger partial charge in [-0.05, 0) is 42.3 Å². The van der Waals surface area contributed by atoms with Gasteiger partial charge in [-0.2, -0.15) is 0 Å². The maximum Gasteiger partial charge on any atom is 0.336 e. The number of benzene rings is 2. The number of aryl methyl sites for hydroxylation is 1. The fourth-order valence-electron chi connectivity index (χ4n) is 2.22. The maximum atomic E-state index is 11.7. The normalized spacial score (nSPS) is 10.9. The summed E-state index contributed by atoms with van der Waals surface area (Å²) in [5.41, 5.74) is 2.14. The number of hydrogen-bond acceptors (Lipinski definition) is 3. The zero-order valence-corrected chi connectivity index (χ0v) is 11.4. The van der Waals surface area contributed by atoms with Crippen LogP contribution in [-0.2, 0) is 0 Å². The Bertz CT molecular complexity index is 848. The average molecular weight is 287 g/mol. The van der Waals surface area contributed by atoms with E-state index in [9.17, 15) is 9.90 Å². The van der Waals surface area contributed by atoms with Crippen LogP contribution >= 0.6 is 11.6 Å². The minimum Gasteiger partial charge on any atom is -0.508 e. The lowest BCUT2D eigenvalue weighted by atomic mass is 10.0. The molecule has 0 atom stereocenters. The van der Waals surface area contributed by atoms with Gasteiger partial charge in [0.05, 0.1) is 0 Å². The molecule has 0 amide bonds.